The minimum atomic E-state index is 0.686. The van der Waals surface area contributed by atoms with E-state index in [9.17, 15) is 0 Å². The summed E-state index contributed by atoms with van der Waals surface area (Å²) in [4.78, 5) is 4.48. The smallest absolute Gasteiger partial charge is 0.0651 e. The van der Waals surface area contributed by atoms with Gasteiger partial charge in [0.25, 0.3) is 0 Å². The van der Waals surface area contributed by atoms with Crippen molar-refractivity contribution in [2.45, 2.75) is 19.9 Å². The second-order valence-corrected chi connectivity index (χ2v) is 5.14. The lowest BCUT2D eigenvalue weighted by atomic mass is 10.1. The summed E-state index contributed by atoms with van der Waals surface area (Å²) in [6.45, 7) is 3.60. The van der Waals surface area contributed by atoms with Gasteiger partial charge in [-0.3, -0.25) is 4.98 Å². The van der Waals surface area contributed by atoms with E-state index in [2.05, 4.69) is 53.0 Å². The second-order valence-electron chi connectivity index (χ2n) is 5.14. The molecule has 1 aromatic carbocycles. The topological polar surface area (TPSA) is 43.8 Å². The summed E-state index contributed by atoms with van der Waals surface area (Å²) in [6, 6.07) is 12.8. The van der Waals surface area contributed by atoms with Gasteiger partial charge in [0.15, 0.2) is 0 Å². The molecule has 2 aromatic heterocycles. The zero-order valence-electron chi connectivity index (χ0n) is 11.7. The SMILES string of the molecule is Cc1cccnc1Cn1ccc2ccc(CCN)cc21. The number of rotatable bonds is 4. The Labute approximate surface area is 119 Å². The number of benzene rings is 1. The molecule has 2 N–H and O–H groups in total. The first-order valence-electron chi connectivity index (χ1n) is 6.96. The average Bonchev–Trinajstić information content (AvgIpc) is 2.85. The molecule has 0 atom stereocenters. The van der Waals surface area contributed by atoms with Crippen LogP contribution >= 0.6 is 0 Å². The maximum Gasteiger partial charge on any atom is 0.0651 e. The van der Waals surface area contributed by atoms with Gasteiger partial charge in [0, 0.05) is 17.9 Å². The molecule has 3 nitrogen and oxygen atoms in total. The maximum atomic E-state index is 5.64. The zero-order chi connectivity index (χ0) is 13.9. The van der Waals surface area contributed by atoms with Crippen LogP contribution in [0, 0.1) is 6.92 Å². The molecule has 2 heterocycles. The van der Waals surface area contributed by atoms with E-state index in [-0.39, 0.29) is 0 Å². The summed E-state index contributed by atoms with van der Waals surface area (Å²) in [7, 11) is 0. The van der Waals surface area contributed by atoms with Gasteiger partial charge in [-0.1, -0.05) is 18.2 Å². The summed E-state index contributed by atoms with van der Waals surface area (Å²) in [5.74, 6) is 0. The zero-order valence-corrected chi connectivity index (χ0v) is 11.7. The second kappa shape index (κ2) is 5.47. The molecule has 0 radical (unpaired) electrons. The number of nitrogens with two attached hydrogens (primary N) is 1. The fourth-order valence-electron chi connectivity index (χ4n) is 2.53. The van der Waals surface area contributed by atoms with Crippen LogP contribution < -0.4 is 5.73 Å². The van der Waals surface area contributed by atoms with Crippen LogP contribution in [-0.2, 0) is 13.0 Å². The summed E-state index contributed by atoms with van der Waals surface area (Å²) >= 11 is 0. The van der Waals surface area contributed by atoms with Crippen LogP contribution in [-0.4, -0.2) is 16.1 Å². The molecule has 0 aliphatic heterocycles. The van der Waals surface area contributed by atoms with E-state index >= 15 is 0 Å². The molecule has 102 valence electrons. The molecule has 3 rings (SSSR count). The van der Waals surface area contributed by atoms with E-state index in [1.165, 1.54) is 22.0 Å². The molecule has 0 spiro atoms. The summed E-state index contributed by atoms with van der Waals surface area (Å²) in [5.41, 5.74) is 10.5. The van der Waals surface area contributed by atoms with Gasteiger partial charge in [0.05, 0.1) is 12.2 Å². The molecular formula is C17H19N3. The number of aromatic nitrogens is 2. The van der Waals surface area contributed by atoms with Crippen molar-refractivity contribution < 1.29 is 0 Å². The highest BCUT2D eigenvalue weighted by atomic mass is 15.0. The third-order valence-corrected chi connectivity index (χ3v) is 3.71. The maximum absolute atomic E-state index is 5.64. The van der Waals surface area contributed by atoms with Crippen molar-refractivity contribution in [3.8, 4) is 0 Å². The molecule has 20 heavy (non-hydrogen) atoms. The minimum Gasteiger partial charge on any atom is -0.341 e. The quantitative estimate of drug-likeness (QED) is 0.788. The molecule has 3 aromatic rings. The Morgan fingerprint density at radius 1 is 1.20 bits per heavy atom. The first kappa shape index (κ1) is 12.9. The molecule has 0 saturated carbocycles. The molecule has 0 fully saturated rings. The molecule has 0 aliphatic rings. The highest BCUT2D eigenvalue weighted by Crippen LogP contribution is 2.19. The average molecular weight is 265 g/mol. The van der Waals surface area contributed by atoms with Gasteiger partial charge >= 0.3 is 0 Å². The fourth-order valence-corrected chi connectivity index (χ4v) is 2.53. The van der Waals surface area contributed by atoms with E-state index in [4.69, 9.17) is 5.73 Å². The van der Waals surface area contributed by atoms with Crippen molar-refractivity contribution in [2.24, 2.45) is 5.73 Å². The van der Waals surface area contributed by atoms with Gasteiger partial charge in [-0.2, -0.15) is 0 Å². The van der Waals surface area contributed by atoms with Crippen molar-refractivity contribution in [1.82, 2.24) is 9.55 Å². The minimum absolute atomic E-state index is 0.686. The van der Waals surface area contributed by atoms with Crippen LogP contribution in [0.15, 0.2) is 48.8 Å². The molecule has 0 unspecified atom stereocenters. The van der Waals surface area contributed by atoms with Crippen LogP contribution in [0.25, 0.3) is 10.9 Å². The van der Waals surface area contributed by atoms with Gasteiger partial charge in [-0.25, -0.2) is 0 Å². The normalized spacial score (nSPS) is 11.1. The lowest BCUT2D eigenvalue weighted by Crippen LogP contribution is -2.04. The third kappa shape index (κ3) is 2.45. The number of hydrogen-bond donors (Lipinski definition) is 1. The van der Waals surface area contributed by atoms with Crippen LogP contribution in [0.5, 0.6) is 0 Å². The Hall–Kier alpha value is -2.13. The van der Waals surface area contributed by atoms with E-state index < -0.39 is 0 Å². The van der Waals surface area contributed by atoms with Crippen molar-refractivity contribution in [3.63, 3.8) is 0 Å². The van der Waals surface area contributed by atoms with Gasteiger partial charge in [-0.15, -0.1) is 0 Å². The van der Waals surface area contributed by atoms with E-state index in [0.717, 1.165) is 18.7 Å². The van der Waals surface area contributed by atoms with E-state index in [0.29, 0.717) is 6.54 Å². The first-order valence-corrected chi connectivity index (χ1v) is 6.96. The van der Waals surface area contributed by atoms with Gasteiger partial charge in [0.1, 0.15) is 0 Å². The van der Waals surface area contributed by atoms with Crippen LogP contribution in [0.2, 0.25) is 0 Å². The molecule has 3 heteroatoms. The molecule has 0 bridgehead atoms. The lowest BCUT2D eigenvalue weighted by Gasteiger charge is -2.08. The lowest BCUT2D eigenvalue weighted by molar-refractivity contribution is 0.799. The Bertz CT molecular complexity index is 728. The summed E-state index contributed by atoms with van der Waals surface area (Å²) in [5, 5.41) is 1.26. The fraction of sp³-hybridized carbons (Fsp3) is 0.235. The van der Waals surface area contributed by atoms with Crippen LogP contribution in [0.3, 0.4) is 0 Å². The van der Waals surface area contributed by atoms with Crippen molar-refractivity contribution in [3.05, 3.63) is 65.6 Å². The van der Waals surface area contributed by atoms with E-state index in [1.54, 1.807) is 0 Å². The Morgan fingerprint density at radius 3 is 2.90 bits per heavy atom. The van der Waals surface area contributed by atoms with Crippen LogP contribution in [0.1, 0.15) is 16.8 Å². The van der Waals surface area contributed by atoms with Gasteiger partial charge in [-0.05, 0) is 54.6 Å². The third-order valence-electron chi connectivity index (χ3n) is 3.71. The van der Waals surface area contributed by atoms with Gasteiger partial charge in [0.2, 0.25) is 0 Å². The highest BCUT2D eigenvalue weighted by molar-refractivity contribution is 5.81. The van der Waals surface area contributed by atoms with Crippen molar-refractivity contribution in [1.29, 1.82) is 0 Å². The molecule has 0 aliphatic carbocycles. The number of hydrogen-bond acceptors (Lipinski definition) is 2. The van der Waals surface area contributed by atoms with Crippen molar-refractivity contribution >= 4 is 10.9 Å². The predicted octanol–water partition coefficient (Wildman–Crippen LogP) is 2.89. The molecular weight excluding hydrogens is 246 g/mol. The number of nitrogens with zero attached hydrogens (tertiary/aromatic N) is 2. The molecule has 0 amide bonds. The standard InChI is InChI=1S/C17H19N3/c1-13-3-2-9-19-16(13)12-20-10-7-15-5-4-14(6-8-18)11-17(15)20/h2-5,7,9-11H,6,8,12,18H2,1H3. The Kier molecular flexibility index (Phi) is 3.52. The Balaban J connectivity index is 1.99. The summed E-state index contributed by atoms with van der Waals surface area (Å²) in [6.07, 6.45) is 4.91. The number of aryl methyl sites for hydroxylation is 1. The predicted molar refractivity (Wildman–Crippen MR) is 82.8 cm³/mol. The van der Waals surface area contributed by atoms with Crippen molar-refractivity contribution in [2.75, 3.05) is 6.54 Å². The first-order chi connectivity index (χ1) is 9.78. The highest BCUT2D eigenvalue weighted by Gasteiger charge is 2.05. The molecule has 0 saturated heterocycles. The van der Waals surface area contributed by atoms with E-state index in [1.807, 2.05) is 12.3 Å². The monoisotopic (exact) mass is 265 g/mol. The summed E-state index contributed by atoms with van der Waals surface area (Å²) < 4.78 is 2.25. The number of fused-ring (bicyclic) bond motifs is 1. The van der Waals surface area contributed by atoms with Gasteiger partial charge < -0.3 is 10.3 Å². The number of pyridine rings is 1. The largest absolute Gasteiger partial charge is 0.341 e. The Morgan fingerprint density at radius 2 is 2.10 bits per heavy atom. The van der Waals surface area contributed by atoms with Crippen LogP contribution in [0.4, 0.5) is 0 Å².